The van der Waals surface area contributed by atoms with Crippen LogP contribution in [-0.2, 0) is 0 Å². The molecule has 3 rings (SSSR count). The van der Waals surface area contributed by atoms with Gasteiger partial charge in [-0.05, 0) is 44.4 Å². The number of benzene rings is 1. The van der Waals surface area contributed by atoms with Crippen LogP contribution in [0.4, 0.5) is 11.4 Å². The van der Waals surface area contributed by atoms with E-state index in [1.807, 2.05) is 0 Å². The molecule has 0 saturated carbocycles. The molecule has 0 aromatic heterocycles. The Kier molecular flexibility index (Phi) is 3.81. The van der Waals surface area contributed by atoms with Crippen LogP contribution in [0.25, 0.3) is 0 Å². The summed E-state index contributed by atoms with van der Waals surface area (Å²) in [6.45, 7) is 1.91. The fraction of sp³-hybridized carbons (Fsp3) is 0.571. The Morgan fingerprint density at radius 3 is 2.90 bits per heavy atom. The molecule has 0 radical (unpaired) electrons. The first-order chi connectivity index (χ1) is 9.66. The Labute approximate surface area is 123 Å². The summed E-state index contributed by atoms with van der Waals surface area (Å²) in [5.41, 5.74) is 0.818. The minimum absolute atomic E-state index is 0.152. The van der Waals surface area contributed by atoms with Crippen molar-refractivity contribution in [3.63, 3.8) is 0 Å². The third kappa shape index (κ3) is 2.47. The van der Waals surface area contributed by atoms with Crippen molar-refractivity contribution in [1.82, 2.24) is 5.32 Å². The lowest BCUT2D eigenvalue weighted by Gasteiger charge is -2.31. The Balaban J connectivity index is 1.94. The Bertz CT molecular complexity index is 517. The van der Waals surface area contributed by atoms with Gasteiger partial charge in [0.15, 0.2) is 0 Å². The first-order valence-corrected chi connectivity index (χ1v) is 7.48. The number of nitro groups is 1. The third-order valence-electron chi connectivity index (χ3n) is 4.31. The van der Waals surface area contributed by atoms with Gasteiger partial charge in [-0.15, -0.1) is 0 Å². The molecule has 0 spiro atoms. The van der Waals surface area contributed by atoms with E-state index >= 15 is 0 Å². The molecule has 6 heteroatoms. The molecule has 5 nitrogen and oxygen atoms in total. The van der Waals surface area contributed by atoms with Crippen molar-refractivity contribution in [1.29, 1.82) is 0 Å². The summed E-state index contributed by atoms with van der Waals surface area (Å²) in [5, 5.41) is 15.3. The van der Waals surface area contributed by atoms with Crippen LogP contribution in [-0.4, -0.2) is 30.1 Å². The van der Waals surface area contributed by atoms with Crippen molar-refractivity contribution in [2.45, 2.75) is 37.8 Å². The SMILES string of the molecule is O=[N+]([O-])c1ccc(Cl)cc1N1CCCC1C1CCCN1. The zero-order chi connectivity index (χ0) is 14.1. The van der Waals surface area contributed by atoms with E-state index in [1.165, 1.54) is 12.5 Å². The van der Waals surface area contributed by atoms with E-state index < -0.39 is 0 Å². The second kappa shape index (κ2) is 5.58. The molecule has 2 aliphatic heterocycles. The molecule has 108 valence electrons. The standard InChI is InChI=1S/C14H18ClN3O2/c15-10-5-6-13(18(19)20)14(9-10)17-8-2-4-12(17)11-3-1-7-16-11/h5-6,9,11-12,16H,1-4,7-8H2. The third-order valence-corrected chi connectivity index (χ3v) is 4.54. The van der Waals surface area contributed by atoms with Gasteiger partial charge in [0.2, 0.25) is 0 Å². The molecule has 1 N–H and O–H groups in total. The molecule has 2 heterocycles. The van der Waals surface area contributed by atoms with Crippen LogP contribution in [0.5, 0.6) is 0 Å². The van der Waals surface area contributed by atoms with Gasteiger partial charge in [0.1, 0.15) is 5.69 Å². The van der Waals surface area contributed by atoms with Gasteiger partial charge in [-0.1, -0.05) is 11.6 Å². The number of nitrogens with zero attached hydrogens (tertiary/aromatic N) is 2. The van der Waals surface area contributed by atoms with E-state index in [0.29, 0.717) is 22.8 Å². The molecule has 0 amide bonds. The summed E-state index contributed by atoms with van der Waals surface area (Å²) in [5.74, 6) is 0. The van der Waals surface area contributed by atoms with Crippen molar-refractivity contribution in [2.24, 2.45) is 0 Å². The number of halogens is 1. The van der Waals surface area contributed by atoms with Crippen LogP contribution in [0.3, 0.4) is 0 Å². The van der Waals surface area contributed by atoms with Gasteiger partial charge in [0, 0.05) is 29.7 Å². The van der Waals surface area contributed by atoms with E-state index in [2.05, 4.69) is 10.2 Å². The molecule has 2 aliphatic rings. The molecule has 0 bridgehead atoms. The van der Waals surface area contributed by atoms with Crippen LogP contribution in [0.15, 0.2) is 18.2 Å². The number of hydrogen-bond donors (Lipinski definition) is 1. The number of nitrogens with one attached hydrogen (secondary N) is 1. The summed E-state index contributed by atoms with van der Waals surface area (Å²) in [6.07, 6.45) is 4.50. The van der Waals surface area contributed by atoms with Crippen LogP contribution >= 0.6 is 11.6 Å². The number of anilines is 1. The molecule has 2 atom stereocenters. The zero-order valence-electron chi connectivity index (χ0n) is 11.2. The molecular weight excluding hydrogens is 278 g/mol. The first-order valence-electron chi connectivity index (χ1n) is 7.11. The average Bonchev–Trinajstić information content (AvgIpc) is 3.09. The molecule has 0 aliphatic carbocycles. The molecule has 2 unspecified atom stereocenters. The topological polar surface area (TPSA) is 58.4 Å². The van der Waals surface area contributed by atoms with E-state index in [1.54, 1.807) is 12.1 Å². The molecule has 20 heavy (non-hydrogen) atoms. The summed E-state index contributed by atoms with van der Waals surface area (Å²) in [4.78, 5) is 13.1. The smallest absolute Gasteiger partial charge is 0.292 e. The molecular formula is C14H18ClN3O2. The van der Waals surface area contributed by atoms with Gasteiger partial charge in [-0.3, -0.25) is 10.1 Å². The molecule has 2 saturated heterocycles. The second-order valence-electron chi connectivity index (χ2n) is 5.50. The fourth-order valence-corrected chi connectivity index (χ4v) is 3.60. The summed E-state index contributed by atoms with van der Waals surface area (Å²) >= 11 is 6.04. The van der Waals surface area contributed by atoms with Gasteiger partial charge in [-0.25, -0.2) is 0 Å². The van der Waals surface area contributed by atoms with Gasteiger partial charge in [-0.2, -0.15) is 0 Å². The largest absolute Gasteiger partial charge is 0.361 e. The van der Waals surface area contributed by atoms with Crippen LogP contribution < -0.4 is 10.2 Å². The average molecular weight is 296 g/mol. The normalized spacial score (nSPS) is 26.1. The lowest BCUT2D eigenvalue weighted by Crippen LogP contribution is -2.44. The highest BCUT2D eigenvalue weighted by Gasteiger charge is 2.36. The van der Waals surface area contributed by atoms with E-state index in [4.69, 9.17) is 11.6 Å². The van der Waals surface area contributed by atoms with Crippen LogP contribution in [0.2, 0.25) is 5.02 Å². The summed E-state index contributed by atoms with van der Waals surface area (Å²) < 4.78 is 0. The monoisotopic (exact) mass is 295 g/mol. The van der Waals surface area contributed by atoms with Gasteiger partial charge < -0.3 is 10.2 Å². The summed E-state index contributed by atoms with van der Waals surface area (Å²) in [7, 11) is 0. The Morgan fingerprint density at radius 1 is 1.35 bits per heavy atom. The lowest BCUT2D eigenvalue weighted by molar-refractivity contribution is -0.384. The predicted octanol–water partition coefficient (Wildman–Crippen LogP) is 2.97. The van der Waals surface area contributed by atoms with Crippen LogP contribution in [0.1, 0.15) is 25.7 Å². The zero-order valence-corrected chi connectivity index (χ0v) is 12.0. The van der Waals surface area contributed by atoms with E-state index in [0.717, 1.165) is 32.4 Å². The predicted molar refractivity (Wildman–Crippen MR) is 79.5 cm³/mol. The van der Waals surface area contributed by atoms with Crippen molar-refractivity contribution in [3.05, 3.63) is 33.3 Å². The van der Waals surface area contributed by atoms with Crippen LogP contribution in [0, 0.1) is 10.1 Å². The maximum atomic E-state index is 11.2. The minimum atomic E-state index is -0.316. The van der Waals surface area contributed by atoms with E-state index in [9.17, 15) is 10.1 Å². The van der Waals surface area contributed by atoms with E-state index in [-0.39, 0.29) is 10.6 Å². The molecule has 1 aromatic rings. The quantitative estimate of drug-likeness (QED) is 0.688. The van der Waals surface area contributed by atoms with Crippen molar-refractivity contribution >= 4 is 23.0 Å². The maximum absolute atomic E-state index is 11.2. The lowest BCUT2D eigenvalue weighted by atomic mass is 10.0. The Hall–Kier alpha value is -1.33. The highest BCUT2D eigenvalue weighted by molar-refractivity contribution is 6.31. The molecule has 2 fully saturated rings. The van der Waals surface area contributed by atoms with Gasteiger partial charge in [0.25, 0.3) is 5.69 Å². The minimum Gasteiger partial charge on any atom is -0.361 e. The van der Waals surface area contributed by atoms with Gasteiger partial charge in [0.05, 0.1) is 4.92 Å². The fourth-order valence-electron chi connectivity index (χ4n) is 3.43. The van der Waals surface area contributed by atoms with Crippen molar-refractivity contribution in [3.8, 4) is 0 Å². The highest BCUT2D eigenvalue weighted by Crippen LogP contribution is 2.37. The first kappa shape index (κ1) is 13.6. The van der Waals surface area contributed by atoms with Crippen molar-refractivity contribution in [2.75, 3.05) is 18.0 Å². The van der Waals surface area contributed by atoms with Gasteiger partial charge >= 0.3 is 0 Å². The maximum Gasteiger partial charge on any atom is 0.292 e. The molecule has 1 aromatic carbocycles. The van der Waals surface area contributed by atoms with Crippen molar-refractivity contribution < 1.29 is 4.92 Å². The number of nitro benzene ring substituents is 1. The second-order valence-corrected chi connectivity index (χ2v) is 5.93. The number of rotatable bonds is 3. The Morgan fingerprint density at radius 2 is 2.20 bits per heavy atom. The summed E-state index contributed by atoms with van der Waals surface area (Å²) in [6, 6.07) is 5.61. The highest BCUT2D eigenvalue weighted by atomic mass is 35.5. The number of hydrogen-bond acceptors (Lipinski definition) is 4.